The van der Waals surface area contributed by atoms with Crippen LogP contribution in [-0.2, 0) is 19.3 Å². The number of hydrogen-bond donors (Lipinski definition) is 0. The van der Waals surface area contributed by atoms with Gasteiger partial charge in [0.2, 0.25) is 0 Å². The monoisotopic (exact) mass is 402 g/mol. The highest BCUT2D eigenvalue weighted by molar-refractivity contribution is 5.47. The molecule has 0 radical (unpaired) electrons. The van der Waals surface area contributed by atoms with E-state index in [-0.39, 0.29) is 0 Å². The third-order valence-electron chi connectivity index (χ3n) is 5.31. The largest absolute Gasteiger partial charge is 0.151 e. The van der Waals surface area contributed by atoms with E-state index in [9.17, 15) is 0 Å². The first-order valence-electron chi connectivity index (χ1n) is 10.5. The zero-order valence-electron chi connectivity index (χ0n) is 17.1. The highest BCUT2D eigenvalue weighted by Crippen LogP contribution is 2.25. The third kappa shape index (κ3) is 4.98. The van der Waals surface area contributed by atoms with Crippen LogP contribution in [0.1, 0.15) is 22.3 Å². The number of azo groups is 2. The fourth-order valence-corrected chi connectivity index (χ4v) is 3.76. The summed E-state index contributed by atoms with van der Waals surface area (Å²) in [7, 11) is 0. The SMILES string of the molecule is c1cc2cc(c1)N=Nc1cccc(c1)Cc1cccc(c1)N=Nc1cccc(c1)CC2. The van der Waals surface area contributed by atoms with Gasteiger partial charge < -0.3 is 0 Å². The molecule has 0 saturated heterocycles. The first-order chi connectivity index (χ1) is 15.3. The van der Waals surface area contributed by atoms with Crippen molar-refractivity contribution < 1.29 is 0 Å². The number of rotatable bonds is 0. The fraction of sp³-hybridized carbons (Fsp3) is 0.111. The molecule has 4 aromatic carbocycles. The molecule has 0 atom stereocenters. The van der Waals surface area contributed by atoms with Gasteiger partial charge in [0.15, 0.2) is 0 Å². The summed E-state index contributed by atoms with van der Waals surface area (Å²) in [6.07, 6.45) is 2.67. The molecule has 0 fully saturated rings. The lowest BCUT2D eigenvalue weighted by Gasteiger charge is -2.04. The molecule has 0 aromatic heterocycles. The first-order valence-corrected chi connectivity index (χ1v) is 10.5. The molecule has 0 N–H and O–H groups in total. The Labute approximate surface area is 182 Å². The molecule has 0 unspecified atom stereocenters. The van der Waals surface area contributed by atoms with Crippen molar-refractivity contribution in [2.75, 3.05) is 0 Å². The van der Waals surface area contributed by atoms with Crippen LogP contribution < -0.4 is 0 Å². The smallest absolute Gasteiger partial charge is 0.0859 e. The Kier molecular flexibility index (Phi) is 5.44. The maximum Gasteiger partial charge on any atom is 0.0859 e. The Bertz CT molecular complexity index is 1170. The van der Waals surface area contributed by atoms with Gasteiger partial charge in [-0.1, -0.05) is 48.5 Å². The maximum absolute atomic E-state index is 4.47. The molecule has 0 saturated carbocycles. The van der Waals surface area contributed by atoms with Crippen LogP contribution in [0, 0.1) is 0 Å². The van der Waals surface area contributed by atoms with Gasteiger partial charge in [0.05, 0.1) is 22.7 Å². The normalized spacial score (nSPS) is 13.2. The molecule has 1 aliphatic heterocycles. The lowest BCUT2D eigenvalue weighted by Crippen LogP contribution is -1.90. The average molecular weight is 403 g/mol. The predicted molar refractivity (Wildman–Crippen MR) is 124 cm³/mol. The van der Waals surface area contributed by atoms with Crippen molar-refractivity contribution in [1.82, 2.24) is 0 Å². The molecular formula is C27H22N4. The van der Waals surface area contributed by atoms with E-state index >= 15 is 0 Å². The summed E-state index contributed by atoms with van der Waals surface area (Å²) >= 11 is 0. The minimum absolute atomic E-state index is 0.803. The van der Waals surface area contributed by atoms with Gasteiger partial charge in [-0.05, 0) is 90.0 Å². The molecule has 150 valence electrons. The Hall–Kier alpha value is -3.92. The maximum atomic E-state index is 4.47. The molecule has 4 nitrogen and oxygen atoms in total. The van der Waals surface area contributed by atoms with E-state index in [0.29, 0.717) is 0 Å². The Morgan fingerprint density at radius 2 is 0.710 bits per heavy atom. The lowest BCUT2D eigenvalue weighted by molar-refractivity contribution is 0.958. The summed E-state index contributed by atoms with van der Waals surface area (Å²) in [5.74, 6) is 0. The predicted octanol–water partition coefficient (Wildman–Crippen LogP) is 8.21. The summed E-state index contributed by atoms with van der Waals surface area (Å²) in [6.45, 7) is 0. The molecule has 4 aromatic rings. The van der Waals surface area contributed by atoms with Gasteiger partial charge in [-0.15, -0.1) is 0 Å². The molecule has 0 aliphatic carbocycles. The summed E-state index contributed by atoms with van der Waals surface area (Å²) in [6, 6.07) is 33.0. The minimum atomic E-state index is 0.803. The Balaban J connectivity index is 1.55. The molecule has 31 heavy (non-hydrogen) atoms. The second-order valence-corrected chi connectivity index (χ2v) is 7.76. The highest BCUT2D eigenvalue weighted by atomic mass is 15.1. The van der Waals surface area contributed by atoms with E-state index in [4.69, 9.17) is 0 Å². The molecule has 0 spiro atoms. The van der Waals surface area contributed by atoms with Gasteiger partial charge in [0.1, 0.15) is 0 Å². The zero-order chi connectivity index (χ0) is 20.9. The zero-order valence-corrected chi connectivity index (χ0v) is 17.1. The Morgan fingerprint density at radius 1 is 0.387 bits per heavy atom. The molecule has 0 amide bonds. The number of fused-ring (bicyclic) bond motifs is 8. The van der Waals surface area contributed by atoms with Crippen molar-refractivity contribution in [3.05, 3.63) is 119 Å². The van der Waals surface area contributed by atoms with E-state index in [0.717, 1.165) is 42.0 Å². The van der Waals surface area contributed by atoms with Crippen LogP contribution in [0.2, 0.25) is 0 Å². The summed E-state index contributed by atoms with van der Waals surface area (Å²) in [5.41, 5.74) is 8.31. The summed E-state index contributed by atoms with van der Waals surface area (Å²) in [4.78, 5) is 0. The number of hydrogen-bond acceptors (Lipinski definition) is 4. The molecule has 1 heterocycles. The van der Waals surface area contributed by atoms with E-state index in [1.54, 1.807) is 0 Å². The van der Waals surface area contributed by atoms with Gasteiger partial charge >= 0.3 is 0 Å². The standard InChI is InChI=1S/C27H22N4/c1-5-20-13-14-21-6-2-10-25(17-21)29-31-27-12-4-8-23(19-27)15-22-7-3-11-26(18-22)30-28-24(9-1)16-20/h1-12,16-19H,13-15H2. The topological polar surface area (TPSA) is 49.4 Å². The average Bonchev–Trinajstić information content (AvgIpc) is 2.81. The summed E-state index contributed by atoms with van der Waals surface area (Å²) < 4.78 is 0. The van der Waals surface area contributed by atoms with Gasteiger partial charge in [-0.2, -0.15) is 20.5 Å². The second kappa shape index (κ2) is 8.84. The van der Waals surface area contributed by atoms with E-state index in [1.807, 2.05) is 48.5 Å². The fourth-order valence-electron chi connectivity index (χ4n) is 3.76. The van der Waals surface area contributed by atoms with Gasteiger partial charge in [0, 0.05) is 0 Å². The van der Waals surface area contributed by atoms with Gasteiger partial charge in [-0.3, -0.25) is 0 Å². The van der Waals surface area contributed by atoms with E-state index in [2.05, 4.69) is 69.0 Å². The highest BCUT2D eigenvalue weighted by Gasteiger charge is 2.03. The number of benzene rings is 4. The van der Waals surface area contributed by atoms with Crippen LogP contribution >= 0.6 is 0 Å². The molecule has 4 heteroatoms. The van der Waals surface area contributed by atoms with Crippen LogP contribution in [0.4, 0.5) is 22.7 Å². The summed E-state index contributed by atoms with van der Waals surface area (Å²) in [5, 5.41) is 17.9. The van der Waals surface area contributed by atoms with Crippen molar-refractivity contribution in [2.45, 2.75) is 19.3 Å². The number of nitrogens with zero attached hydrogens (tertiary/aromatic N) is 4. The van der Waals surface area contributed by atoms with Crippen LogP contribution in [0.25, 0.3) is 0 Å². The Morgan fingerprint density at radius 3 is 1.10 bits per heavy atom. The van der Waals surface area contributed by atoms with Crippen molar-refractivity contribution >= 4 is 22.7 Å². The molecular weight excluding hydrogens is 380 g/mol. The number of aryl methyl sites for hydroxylation is 2. The minimum Gasteiger partial charge on any atom is -0.151 e. The quantitative estimate of drug-likeness (QED) is 0.284. The molecule has 5 rings (SSSR count). The van der Waals surface area contributed by atoms with E-state index < -0.39 is 0 Å². The molecule has 1 aliphatic rings. The van der Waals surface area contributed by atoms with Crippen LogP contribution in [0.3, 0.4) is 0 Å². The second-order valence-electron chi connectivity index (χ2n) is 7.76. The van der Waals surface area contributed by atoms with Gasteiger partial charge in [-0.25, -0.2) is 0 Å². The lowest BCUT2D eigenvalue weighted by atomic mass is 10.0. The van der Waals surface area contributed by atoms with Crippen LogP contribution in [-0.4, -0.2) is 0 Å². The van der Waals surface area contributed by atoms with Crippen molar-refractivity contribution in [2.24, 2.45) is 20.5 Å². The van der Waals surface area contributed by atoms with Crippen molar-refractivity contribution in [3.8, 4) is 0 Å². The van der Waals surface area contributed by atoms with E-state index in [1.165, 1.54) is 22.3 Å². The first kappa shape index (κ1) is 19.1. The van der Waals surface area contributed by atoms with Gasteiger partial charge in [0.25, 0.3) is 0 Å². The van der Waals surface area contributed by atoms with Crippen molar-refractivity contribution in [3.63, 3.8) is 0 Å². The molecule has 8 bridgehead atoms. The van der Waals surface area contributed by atoms with Crippen LogP contribution in [0.5, 0.6) is 0 Å². The third-order valence-corrected chi connectivity index (χ3v) is 5.31. The van der Waals surface area contributed by atoms with Crippen LogP contribution in [0.15, 0.2) is 118 Å². The van der Waals surface area contributed by atoms with Crippen molar-refractivity contribution in [1.29, 1.82) is 0 Å².